The third kappa shape index (κ3) is 8.10. The van der Waals surface area contributed by atoms with Crippen molar-refractivity contribution in [2.75, 3.05) is 26.2 Å². The standard InChI is InChI=1S/C32H42FN3O3/c1-3-19-36(20-4-2)30(38)26-11-8-17-32(22-26,31(34)39)28(21-25-9-6-5-7-10-25)29(37)23-35-18-16-24-12-14-27(33)15-13-24/h5-15,17,28-29,35,37H,3-4,16,18-23H2,1-2H3,(H2,34,39)/t28-,29+,32?/m1/s1. The van der Waals surface area contributed by atoms with Gasteiger partial charge in [0.1, 0.15) is 5.82 Å². The number of carbonyl (C=O) groups excluding carboxylic acids is 2. The van der Waals surface area contributed by atoms with Gasteiger partial charge in [-0.05, 0) is 61.9 Å². The van der Waals surface area contributed by atoms with Gasteiger partial charge in [-0.15, -0.1) is 0 Å². The molecular formula is C32H42FN3O3. The summed E-state index contributed by atoms with van der Waals surface area (Å²) < 4.78 is 13.2. The van der Waals surface area contributed by atoms with Crippen molar-refractivity contribution in [3.05, 3.63) is 95.3 Å². The Bertz CT molecular complexity index is 1130. The number of nitrogens with zero attached hydrogens (tertiary/aromatic N) is 1. The maximum Gasteiger partial charge on any atom is 0.249 e. The van der Waals surface area contributed by atoms with Crippen LogP contribution in [0.15, 0.2) is 78.4 Å². The predicted molar refractivity (Wildman–Crippen MR) is 153 cm³/mol. The third-order valence-electron chi connectivity index (χ3n) is 7.46. The number of rotatable bonds is 15. The molecule has 0 heterocycles. The van der Waals surface area contributed by atoms with Crippen LogP contribution in [0.2, 0.25) is 0 Å². The molecule has 1 unspecified atom stereocenters. The number of benzene rings is 2. The molecule has 0 aromatic heterocycles. The van der Waals surface area contributed by atoms with E-state index >= 15 is 0 Å². The van der Waals surface area contributed by atoms with Gasteiger partial charge in [0.2, 0.25) is 11.8 Å². The van der Waals surface area contributed by atoms with E-state index in [4.69, 9.17) is 5.73 Å². The summed E-state index contributed by atoms with van der Waals surface area (Å²) in [6.45, 7) is 6.18. The number of hydrogen-bond donors (Lipinski definition) is 3. The van der Waals surface area contributed by atoms with Crippen molar-refractivity contribution in [2.45, 2.75) is 52.1 Å². The van der Waals surface area contributed by atoms with Crippen molar-refractivity contribution >= 4 is 11.8 Å². The highest BCUT2D eigenvalue weighted by Gasteiger charge is 2.47. The van der Waals surface area contributed by atoms with Gasteiger partial charge in [-0.1, -0.05) is 74.5 Å². The van der Waals surface area contributed by atoms with Crippen LogP contribution in [0.3, 0.4) is 0 Å². The van der Waals surface area contributed by atoms with Gasteiger partial charge in [0.15, 0.2) is 0 Å². The number of amides is 2. The molecule has 6 nitrogen and oxygen atoms in total. The van der Waals surface area contributed by atoms with E-state index in [2.05, 4.69) is 5.32 Å². The highest BCUT2D eigenvalue weighted by Crippen LogP contribution is 2.43. The predicted octanol–water partition coefficient (Wildman–Crippen LogP) is 4.18. The first-order chi connectivity index (χ1) is 18.8. The summed E-state index contributed by atoms with van der Waals surface area (Å²) in [5.74, 6) is -1.48. The molecule has 0 spiro atoms. The zero-order valence-corrected chi connectivity index (χ0v) is 23.1. The van der Waals surface area contributed by atoms with Gasteiger partial charge in [0.05, 0.1) is 11.5 Å². The summed E-state index contributed by atoms with van der Waals surface area (Å²) >= 11 is 0. The Morgan fingerprint density at radius 3 is 2.33 bits per heavy atom. The molecule has 2 amide bonds. The Kier molecular flexibility index (Phi) is 11.4. The van der Waals surface area contributed by atoms with Crippen LogP contribution in [0.5, 0.6) is 0 Å². The fraction of sp³-hybridized carbons (Fsp3) is 0.438. The Labute approximate surface area is 231 Å². The average Bonchev–Trinajstić information content (AvgIpc) is 2.95. The van der Waals surface area contributed by atoms with Crippen molar-refractivity contribution in [3.8, 4) is 0 Å². The van der Waals surface area contributed by atoms with Gasteiger partial charge in [-0.3, -0.25) is 9.59 Å². The minimum absolute atomic E-state index is 0.0842. The summed E-state index contributed by atoms with van der Waals surface area (Å²) in [6, 6.07) is 16.1. The molecule has 0 radical (unpaired) electrons. The number of allylic oxidation sites excluding steroid dienone is 2. The Morgan fingerprint density at radius 2 is 1.72 bits per heavy atom. The molecule has 3 rings (SSSR count). The molecule has 0 bridgehead atoms. The van der Waals surface area contributed by atoms with Crippen molar-refractivity contribution in [1.29, 1.82) is 0 Å². The normalized spacial score (nSPS) is 18.3. The second-order valence-electron chi connectivity index (χ2n) is 10.4. The van der Waals surface area contributed by atoms with E-state index in [0.717, 1.165) is 24.0 Å². The number of carbonyl (C=O) groups is 2. The number of aliphatic hydroxyl groups is 1. The maximum absolute atomic E-state index is 13.5. The maximum atomic E-state index is 13.5. The quantitative estimate of drug-likeness (QED) is 0.298. The third-order valence-corrected chi connectivity index (χ3v) is 7.46. The van der Waals surface area contributed by atoms with E-state index in [1.807, 2.05) is 49.1 Å². The second-order valence-corrected chi connectivity index (χ2v) is 10.4. The summed E-state index contributed by atoms with van der Waals surface area (Å²) in [7, 11) is 0. The molecule has 210 valence electrons. The lowest BCUT2D eigenvalue weighted by Crippen LogP contribution is -2.51. The number of nitrogens with one attached hydrogen (secondary N) is 1. The molecule has 2 aromatic rings. The molecule has 1 aliphatic carbocycles. The van der Waals surface area contributed by atoms with Gasteiger partial charge in [0.25, 0.3) is 0 Å². The second kappa shape index (κ2) is 14.8. The Morgan fingerprint density at radius 1 is 1.05 bits per heavy atom. The molecule has 4 N–H and O–H groups in total. The van der Waals surface area contributed by atoms with Gasteiger partial charge in [-0.25, -0.2) is 4.39 Å². The van der Waals surface area contributed by atoms with Crippen LogP contribution in [0.4, 0.5) is 4.39 Å². The number of hydrogen-bond acceptors (Lipinski definition) is 4. The fourth-order valence-corrected chi connectivity index (χ4v) is 5.39. The molecular weight excluding hydrogens is 493 g/mol. The Balaban J connectivity index is 1.82. The molecule has 0 aliphatic heterocycles. The van der Waals surface area contributed by atoms with Crippen molar-refractivity contribution in [2.24, 2.45) is 17.1 Å². The highest BCUT2D eigenvalue weighted by atomic mass is 19.1. The van der Waals surface area contributed by atoms with Crippen molar-refractivity contribution in [1.82, 2.24) is 10.2 Å². The van der Waals surface area contributed by atoms with Crippen LogP contribution in [0.25, 0.3) is 0 Å². The minimum Gasteiger partial charge on any atom is -0.391 e. The molecule has 0 saturated carbocycles. The lowest BCUT2D eigenvalue weighted by Gasteiger charge is -2.41. The minimum atomic E-state index is -1.22. The number of aliphatic hydroxyl groups excluding tert-OH is 1. The molecule has 1 aliphatic rings. The SMILES string of the molecule is CCCN(CCC)C(=O)C1=CC=CC(C(N)=O)([C@H](Cc2ccccc2)[C@@H](O)CNCCc2ccc(F)cc2)C1. The smallest absolute Gasteiger partial charge is 0.249 e. The molecule has 2 aromatic carbocycles. The largest absolute Gasteiger partial charge is 0.391 e. The van der Waals surface area contributed by atoms with E-state index in [1.54, 1.807) is 30.4 Å². The van der Waals surface area contributed by atoms with Crippen molar-refractivity contribution in [3.63, 3.8) is 0 Å². The van der Waals surface area contributed by atoms with E-state index in [-0.39, 0.29) is 24.7 Å². The van der Waals surface area contributed by atoms with Crippen molar-refractivity contribution < 1.29 is 19.1 Å². The first kappa shape index (κ1) is 30.3. The average molecular weight is 536 g/mol. The summed E-state index contributed by atoms with van der Waals surface area (Å²) in [5.41, 5.74) is 7.36. The van der Waals surface area contributed by atoms with Gasteiger partial charge in [-0.2, -0.15) is 0 Å². The molecule has 0 saturated heterocycles. The van der Waals surface area contributed by atoms with Gasteiger partial charge in [0, 0.05) is 31.1 Å². The van der Waals surface area contributed by atoms with E-state index in [0.29, 0.717) is 38.0 Å². The zero-order chi connectivity index (χ0) is 28.3. The molecule has 0 fully saturated rings. The van der Waals surface area contributed by atoms with Crippen LogP contribution in [-0.2, 0) is 22.4 Å². The zero-order valence-electron chi connectivity index (χ0n) is 23.1. The van der Waals surface area contributed by atoms with Crippen LogP contribution in [-0.4, -0.2) is 54.1 Å². The fourth-order valence-electron chi connectivity index (χ4n) is 5.39. The number of halogens is 1. The van der Waals surface area contributed by atoms with Crippen LogP contribution < -0.4 is 11.1 Å². The van der Waals surface area contributed by atoms with Crippen LogP contribution >= 0.6 is 0 Å². The lowest BCUT2D eigenvalue weighted by molar-refractivity contribution is -0.132. The monoisotopic (exact) mass is 535 g/mol. The molecule has 39 heavy (non-hydrogen) atoms. The summed E-state index contributed by atoms with van der Waals surface area (Å²) in [4.78, 5) is 28.5. The summed E-state index contributed by atoms with van der Waals surface area (Å²) in [6.07, 6.45) is 7.29. The molecule has 7 heteroatoms. The van der Waals surface area contributed by atoms with E-state index in [1.165, 1.54) is 12.1 Å². The van der Waals surface area contributed by atoms with E-state index in [9.17, 15) is 19.1 Å². The number of nitrogens with two attached hydrogens (primary N) is 1. The highest BCUT2D eigenvalue weighted by molar-refractivity contribution is 5.96. The number of primary amides is 1. The van der Waals surface area contributed by atoms with E-state index < -0.39 is 23.3 Å². The van der Waals surface area contributed by atoms with Gasteiger partial charge < -0.3 is 21.1 Å². The molecule has 3 atom stereocenters. The van der Waals surface area contributed by atoms with Crippen LogP contribution in [0.1, 0.15) is 44.2 Å². The summed E-state index contributed by atoms with van der Waals surface area (Å²) in [5, 5.41) is 14.8. The van der Waals surface area contributed by atoms with Gasteiger partial charge >= 0.3 is 0 Å². The first-order valence-electron chi connectivity index (χ1n) is 14.0. The topological polar surface area (TPSA) is 95.7 Å². The first-order valence-corrected chi connectivity index (χ1v) is 14.0. The Hall–Kier alpha value is -3.29. The lowest BCUT2D eigenvalue weighted by atomic mass is 9.64. The van der Waals surface area contributed by atoms with Crippen LogP contribution in [0, 0.1) is 17.2 Å².